The molecule has 3 aliphatic rings. The molecule has 142 valence electrons. The SMILES string of the molecule is CCC1C2C(CCC1(C)C(C)O)C1(C)CCOC=C1C[C@H]2SC(C)=O. The zero-order valence-corrected chi connectivity index (χ0v) is 17.2. The van der Waals surface area contributed by atoms with Crippen LogP contribution in [0.15, 0.2) is 11.8 Å². The molecule has 4 heteroatoms. The van der Waals surface area contributed by atoms with E-state index in [0.29, 0.717) is 23.0 Å². The van der Waals surface area contributed by atoms with E-state index in [2.05, 4.69) is 20.8 Å². The predicted octanol–water partition coefficient (Wildman–Crippen LogP) is 4.79. The maximum atomic E-state index is 12.0. The van der Waals surface area contributed by atoms with Crippen molar-refractivity contribution in [3.05, 3.63) is 11.8 Å². The van der Waals surface area contributed by atoms with Crippen LogP contribution in [-0.4, -0.2) is 28.2 Å². The van der Waals surface area contributed by atoms with Gasteiger partial charge in [0, 0.05) is 12.2 Å². The molecule has 0 amide bonds. The van der Waals surface area contributed by atoms with Crippen molar-refractivity contribution >= 4 is 16.9 Å². The van der Waals surface area contributed by atoms with Gasteiger partial charge in [-0.15, -0.1) is 0 Å². The normalized spacial score (nSPS) is 44.8. The fraction of sp³-hybridized carbons (Fsp3) is 0.857. The number of carbonyl (C=O) groups is 1. The first-order chi connectivity index (χ1) is 11.7. The van der Waals surface area contributed by atoms with Gasteiger partial charge in [0.1, 0.15) is 0 Å². The first-order valence-corrected chi connectivity index (χ1v) is 10.8. The average molecular weight is 367 g/mol. The lowest BCUT2D eigenvalue weighted by Gasteiger charge is -2.61. The number of aliphatic hydroxyl groups excluding tert-OH is 1. The lowest BCUT2D eigenvalue weighted by molar-refractivity contribution is -0.110. The van der Waals surface area contributed by atoms with Crippen LogP contribution in [0.4, 0.5) is 0 Å². The third kappa shape index (κ3) is 3.07. The van der Waals surface area contributed by atoms with Gasteiger partial charge in [0.15, 0.2) is 5.12 Å². The van der Waals surface area contributed by atoms with E-state index >= 15 is 0 Å². The molecule has 0 bridgehead atoms. The van der Waals surface area contributed by atoms with Crippen LogP contribution < -0.4 is 0 Å². The lowest BCUT2D eigenvalue weighted by Crippen LogP contribution is -2.57. The van der Waals surface area contributed by atoms with E-state index in [0.717, 1.165) is 38.7 Å². The van der Waals surface area contributed by atoms with Crippen LogP contribution in [0.5, 0.6) is 0 Å². The molecule has 0 radical (unpaired) electrons. The number of hydrogen-bond donors (Lipinski definition) is 1. The van der Waals surface area contributed by atoms with Crippen LogP contribution >= 0.6 is 11.8 Å². The number of fused-ring (bicyclic) bond motifs is 3. The third-order valence-electron chi connectivity index (χ3n) is 7.85. The second-order valence-electron chi connectivity index (χ2n) is 8.95. The maximum Gasteiger partial charge on any atom is 0.186 e. The molecule has 0 aromatic heterocycles. The maximum absolute atomic E-state index is 12.0. The molecule has 0 aromatic carbocycles. The monoisotopic (exact) mass is 366 g/mol. The Labute approximate surface area is 157 Å². The smallest absolute Gasteiger partial charge is 0.186 e. The first-order valence-electron chi connectivity index (χ1n) is 9.90. The lowest BCUT2D eigenvalue weighted by atomic mass is 9.46. The highest BCUT2D eigenvalue weighted by Gasteiger charge is 2.58. The largest absolute Gasteiger partial charge is 0.501 e. The van der Waals surface area contributed by atoms with Gasteiger partial charge in [-0.25, -0.2) is 0 Å². The Hall–Kier alpha value is -0.480. The Balaban J connectivity index is 2.04. The molecular weight excluding hydrogens is 332 g/mol. The van der Waals surface area contributed by atoms with Crippen molar-refractivity contribution in [2.75, 3.05) is 6.61 Å². The summed E-state index contributed by atoms with van der Waals surface area (Å²) in [5.41, 5.74) is 1.56. The van der Waals surface area contributed by atoms with Gasteiger partial charge in [-0.2, -0.15) is 0 Å². The molecule has 25 heavy (non-hydrogen) atoms. The van der Waals surface area contributed by atoms with Crippen molar-refractivity contribution in [3.63, 3.8) is 0 Å². The predicted molar refractivity (Wildman–Crippen MR) is 103 cm³/mol. The molecule has 7 atom stereocenters. The summed E-state index contributed by atoms with van der Waals surface area (Å²) in [6, 6.07) is 0. The molecule has 3 rings (SSSR count). The Morgan fingerprint density at radius 2 is 2.16 bits per heavy atom. The van der Waals surface area contributed by atoms with Crippen LogP contribution in [0.2, 0.25) is 0 Å². The summed E-state index contributed by atoms with van der Waals surface area (Å²) >= 11 is 1.53. The number of thioether (sulfide) groups is 1. The zero-order chi connectivity index (χ0) is 18.4. The second kappa shape index (κ2) is 6.92. The Morgan fingerprint density at radius 3 is 2.76 bits per heavy atom. The standard InChI is InChI=1S/C21H34O3S/c1-6-16-19-17(7-8-20(16,4)13(2)22)21(5)9-10-24-12-15(21)11-18(19)25-14(3)23/h12-13,16-19,22H,6-11H2,1-5H3/t13?,16?,17?,18-,19?,20?,21?/m1/s1. The van der Waals surface area contributed by atoms with Crippen LogP contribution in [0.25, 0.3) is 0 Å². The summed E-state index contributed by atoms with van der Waals surface area (Å²) < 4.78 is 5.67. The third-order valence-corrected chi connectivity index (χ3v) is 8.96. The Morgan fingerprint density at radius 1 is 1.44 bits per heavy atom. The van der Waals surface area contributed by atoms with Crippen LogP contribution in [0.3, 0.4) is 0 Å². The van der Waals surface area contributed by atoms with Crippen LogP contribution in [0, 0.1) is 28.6 Å². The van der Waals surface area contributed by atoms with Gasteiger partial charge < -0.3 is 9.84 Å². The van der Waals surface area contributed by atoms with Crippen molar-refractivity contribution in [2.45, 2.75) is 78.1 Å². The molecule has 6 unspecified atom stereocenters. The molecule has 2 fully saturated rings. The van der Waals surface area contributed by atoms with Gasteiger partial charge in [0.2, 0.25) is 0 Å². The number of rotatable bonds is 3. The molecule has 0 saturated heterocycles. The van der Waals surface area contributed by atoms with Gasteiger partial charge in [0.05, 0.1) is 19.0 Å². The summed E-state index contributed by atoms with van der Waals surface area (Å²) in [7, 11) is 0. The van der Waals surface area contributed by atoms with Crippen LogP contribution in [-0.2, 0) is 9.53 Å². The van der Waals surface area contributed by atoms with Gasteiger partial charge in [0.25, 0.3) is 0 Å². The quantitative estimate of drug-likeness (QED) is 0.780. The van der Waals surface area contributed by atoms with E-state index in [9.17, 15) is 9.90 Å². The van der Waals surface area contributed by atoms with Gasteiger partial charge in [-0.3, -0.25) is 4.79 Å². The highest BCUT2D eigenvalue weighted by Crippen LogP contribution is 2.64. The number of allylic oxidation sites excluding steroid dienone is 1. The highest BCUT2D eigenvalue weighted by atomic mass is 32.2. The van der Waals surface area contributed by atoms with E-state index in [1.165, 1.54) is 17.3 Å². The summed E-state index contributed by atoms with van der Waals surface area (Å²) in [6.07, 6.45) is 7.02. The van der Waals surface area contributed by atoms with E-state index in [1.807, 2.05) is 13.2 Å². The first kappa shape index (κ1) is 19.3. The minimum atomic E-state index is -0.305. The summed E-state index contributed by atoms with van der Waals surface area (Å²) in [5.74, 6) is 1.54. The van der Waals surface area contributed by atoms with Crippen molar-refractivity contribution in [1.29, 1.82) is 0 Å². The van der Waals surface area contributed by atoms with Crippen molar-refractivity contribution in [1.82, 2.24) is 0 Å². The molecular formula is C21H34O3S. The summed E-state index contributed by atoms with van der Waals surface area (Å²) in [4.78, 5) is 12.0. The van der Waals surface area contributed by atoms with Gasteiger partial charge in [-0.05, 0) is 66.8 Å². The fourth-order valence-corrected chi connectivity index (χ4v) is 7.43. The molecule has 3 nitrogen and oxygen atoms in total. The minimum Gasteiger partial charge on any atom is -0.501 e. The van der Waals surface area contributed by atoms with Crippen molar-refractivity contribution in [3.8, 4) is 0 Å². The topological polar surface area (TPSA) is 46.5 Å². The van der Waals surface area contributed by atoms with E-state index in [4.69, 9.17) is 4.74 Å². The summed E-state index contributed by atoms with van der Waals surface area (Å²) in [5, 5.41) is 11.1. The van der Waals surface area contributed by atoms with E-state index in [1.54, 1.807) is 6.92 Å². The average Bonchev–Trinajstić information content (AvgIpc) is 2.54. The van der Waals surface area contributed by atoms with Crippen molar-refractivity contribution < 1.29 is 14.6 Å². The molecule has 0 spiro atoms. The number of ether oxygens (including phenoxy) is 1. The fourth-order valence-electron chi connectivity index (χ4n) is 6.20. The molecule has 1 heterocycles. The molecule has 2 saturated carbocycles. The highest BCUT2D eigenvalue weighted by molar-refractivity contribution is 8.14. The summed E-state index contributed by atoms with van der Waals surface area (Å²) in [6.45, 7) is 11.4. The minimum absolute atomic E-state index is 0.0474. The number of hydrogen-bond acceptors (Lipinski definition) is 4. The van der Waals surface area contributed by atoms with E-state index < -0.39 is 0 Å². The Kier molecular flexibility index (Phi) is 5.34. The van der Waals surface area contributed by atoms with E-state index in [-0.39, 0.29) is 22.0 Å². The number of carbonyl (C=O) groups excluding carboxylic acids is 1. The molecule has 0 aromatic rings. The number of aliphatic hydroxyl groups is 1. The zero-order valence-electron chi connectivity index (χ0n) is 16.4. The van der Waals surface area contributed by atoms with Gasteiger partial charge in [-0.1, -0.05) is 39.0 Å². The molecule has 2 aliphatic carbocycles. The van der Waals surface area contributed by atoms with Crippen molar-refractivity contribution in [2.24, 2.45) is 28.6 Å². The molecule has 1 aliphatic heterocycles. The second-order valence-corrected chi connectivity index (χ2v) is 10.4. The molecule has 1 N–H and O–H groups in total. The van der Waals surface area contributed by atoms with Crippen LogP contribution in [0.1, 0.15) is 66.7 Å². The Bertz CT molecular complexity index is 557. The van der Waals surface area contributed by atoms with Gasteiger partial charge >= 0.3 is 0 Å².